The Morgan fingerprint density at radius 1 is 1.25 bits per heavy atom. The number of ether oxygens (including phenoxy) is 1. The van der Waals surface area contributed by atoms with Crippen LogP contribution in [0.1, 0.15) is 5.56 Å². The summed E-state index contributed by atoms with van der Waals surface area (Å²) < 4.78 is 6.28. The van der Waals surface area contributed by atoms with Crippen molar-refractivity contribution in [3.8, 4) is 11.8 Å². The van der Waals surface area contributed by atoms with Gasteiger partial charge in [-0.2, -0.15) is 5.26 Å². The van der Waals surface area contributed by atoms with E-state index in [9.17, 15) is 5.26 Å². The summed E-state index contributed by atoms with van der Waals surface area (Å²) in [5.41, 5.74) is 2.23. The number of nitrogens with zero attached hydrogens (tertiary/aromatic N) is 1. The molecule has 0 heterocycles. The van der Waals surface area contributed by atoms with Gasteiger partial charge in [-0.15, -0.1) is 11.8 Å². The number of methoxy groups -OCH3 is 1. The molecular formula is C15H13BrN2OS. The van der Waals surface area contributed by atoms with Crippen molar-refractivity contribution in [3.63, 3.8) is 0 Å². The van der Waals surface area contributed by atoms with Crippen molar-refractivity contribution >= 4 is 39.1 Å². The maximum Gasteiger partial charge on any atom is 0.142 e. The molecule has 0 aromatic heterocycles. The molecule has 2 aromatic carbocycles. The predicted octanol–water partition coefficient (Wildman–Crippen LogP) is 4.79. The minimum Gasteiger partial charge on any atom is -0.495 e. The van der Waals surface area contributed by atoms with E-state index in [2.05, 4.69) is 27.3 Å². The molecule has 1 N–H and O–H groups in total. The molecule has 0 atom stereocenters. The van der Waals surface area contributed by atoms with E-state index in [1.165, 1.54) is 0 Å². The Morgan fingerprint density at radius 3 is 2.70 bits per heavy atom. The maximum absolute atomic E-state index is 9.35. The van der Waals surface area contributed by atoms with E-state index in [4.69, 9.17) is 4.74 Å². The normalized spacial score (nSPS) is 9.90. The van der Waals surface area contributed by atoms with Crippen molar-refractivity contribution in [2.75, 3.05) is 18.7 Å². The van der Waals surface area contributed by atoms with Gasteiger partial charge in [-0.05, 0) is 36.6 Å². The zero-order valence-electron chi connectivity index (χ0n) is 11.1. The van der Waals surface area contributed by atoms with Crippen LogP contribution in [0.25, 0.3) is 0 Å². The van der Waals surface area contributed by atoms with Gasteiger partial charge in [0.1, 0.15) is 11.8 Å². The van der Waals surface area contributed by atoms with Gasteiger partial charge in [0.05, 0.1) is 24.0 Å². The lowest BCUT2D eigenvalue weighted by Gasteiger charge is -2.14. The molecule has 0 bridgehead atoms. The number of hydrogen-bond acceptors (Lipinski definition) is 4. The third kappa shape index (κ3) is 3.09. The van der Waals surface area contributed by atoms with Crippen LogP contribution >= 0.6 is 27.7 Å². The number of thioether (sulfide) groups is 1. The van der Waals surface area contributed by atoms with Gasteiger partial charge in [0.25, 0.3) is 0 Å². The van der Waals surface area contributed by atoms with Gasteiger partial charge in [0, 0.05) is 9.37 Å². The summed E-state index contributed by atoms with van der Waals surface area (Å²) in [5, 5.41) is 12.6. The van der Waals surface area contributed by atoms with Crippen LogP contribution in [0.3, 0.4) is 0 Å². The molecule has 3 nitrogen and oxygen atoms in total. The molecule has 0 unspecified atom stereocenters. The van der Waals surface area contributed by atoms with Crippen molar-refractivity contribution in [2.24, 2.45) is 0 Å². The summed E-state index contributed by atoms with van der Waals surface area (Å²) >= 11 is 4.99. The third-order valence-corrected chi connectivity index (χ3v) is 4.06. The number of nitriles is 1. The number of halogens is 1. The van der Waals surface area contributed by atoms with E-state index < -0.39 is 0 Å². The van der Waals surface area contributed by atoms with E-state index in [0.29, 0.717) is 5.56 Å². The lowest BCUT2D eigenvalue weighted by Crippen LogP contribution is -1.97. The highest BCUT2D eigenvalue weighted by Gasteiger charge is 2.10. The predicted molar refractivity (Wildman–Crippen MR) is 86.9 cm³/mol. The molecule has 0 radical (unpaired) electrons. The highest BCUT2D eigenvalue weighted by atomic mass is 79.9. The fourth-order valence-electron chi connectivity index (χ4n) is 1.84. The first-order valence-electron chi connectivity index (χ1n) is 5.87. The van der Waals surface area contributed by atoms with Crippen molar-refractivity contribution in [1.82, 2.24) is 0 Å². The summed E-state index contributed by atoms with van der Waals surface area (Å²) in [6.45, 7) is 0. The van der Waals surface area contributed by atoms with Crippen LogP contribution in [-0.4, -0.2) is 13.4 Å². The number of hydrogen-bond donors (Lipinski definition) is 1. The largest absolute Gasteiger partial charge is 0.495 e. The zero-order chi connectivity index (χ0) is 14.5. The van der Waals surface area contributed by atoms with Crippen molar-refractivity contribution in [2.45, 2.75) is 4.90 Å². The van der Waals surface area contributed by atoms with Gasteiger partial charge in [-0.25, -0.2) is 0 Å². The molecule has 0 saturated carbocycles. The Morgan fingerprint density at radius 2 is 2.05 bits per heavy atom. The average molecular weight is 349 g/mol. The summed E-state index contributed by atoms with van der Waals surface area (Å²) in [4.78, 5) is 0.950. The molecule has 0 amide bonds. The van der Waals surface area contributed by atoms with E-state index in [0.717, 1.165) is 26.5 Å². The molecule has 0 fully saturated rings. The Labute approximate surface area is 131 Å². The van der Waals surface area contributed by atoms with Crippen LogP contribution in [0.2, 0.25) is 0 Å². The lowest BCUT2D eigenvalue weighted by atomic mass is 10.2. The number of nitrogens with one attached hydrogen (secondary N) is 1. The first-order chi connectivity index (χ1) is 9.69. The van der Waals surface area contributed by atoms with E-state index in [1.807, 2.05) is 42.7 Å². The number of rotatable bonds is 4. The standard InChI is InChI=1S/C15H13BrN2OS/c1-19-14-7-6-10(16)8-13(14)18-12-4-3-5-15(20-2)11(12)9-17/h3-8,18H,1-2H3. The van der Waals surface area contributed by atoms with Gasteiger partial charge in [0.2, 0.25) is 0 Å². The lowest BCUT2D eigenvalue weighted by molar-refractivity contribution is 0.417. The molecule has 5 heteroatoms. The summed E-state index contributed by atoms with van der Waals surface area (Å²) in [7, 11) is 1.62. The van der Waals surface area contributed by atoms with Crippen LogP contribution in [0.5, 0.6) is 5.75 Å². The quantitative estimate of drug-likeness (QED) is 0.806. The van der Waals surface area contributed by atoms with Gasteiger partial charge in [-0.3, -0.25) is 0 Å². The van der Waals surface area contributed by atoms with Gasteiger partial charge in [-0.1, -0.05) is 22.0 Å². The van der Waals surface area contributed by atoms with Gasteiger partial charge >= 0.3 is 0 Å². The first kappa shape index (κ1) is 14.8. The van der Waals surface area contributed by atoms with E-state index in [-0.39, 0.29) is 0 Å². The average Bonchev–Trinajstić information content (AvgIpc) is 2.47. The molecule has 2 aromatic rings. The maximum atomic E-state index is 9.35. The smallest absolute Gasteiger partial charge is 0.142 e. The second-order valence-corrected chi connectivity index (χ2v) is 5.73. The van der Waals surface area contributed by atoms with Gasteiger partial charge < -0.3 is 10.1 Å². The molecule has 20 heavy (non-hydrogen) atoms. The Kier molecular flexibility index (Phi) is 4.94. The molecule has 0 saturated heterocycles. The fourth-order valence-corrected chi connectivity index (χ4v) is 2.78. The van der Waals surface area contributed by atoms with Crippen LogP contribution < -0.4 is 10.1 Å². The zero-order valence-corrected chi connectivity index (χ0v) is 13.5. The van der Waals surface area contributed by atoms with Crippen LogP contribution in [0.15, 0.2) is 45.8 Å². The van der Waals surface area contributed by atoms with E-state index in [1.54, 1.807) is 18.9 Å². The minimum atomic E-state index is 0.641. The summed E-state index contributed by atoms with van der Waals surface area (Å²) in [6, 6.07) is 13.7. The number of benzene rings is 2. The second-order valence-electron chi connectivity index (χ2n) is 3.96. The summed E-state index contributed by atoms with van der Waals surface area (Å²) in [6.07, 6.45) is 1.96. The first-order valence-corrected chi connectivity index (χ1v) is 7.89. The number of anilines is 2. The molecule has 0 spiro atoms. The highest BCUT2D eigenvalue weighted by Crippen LogP contribution is 2.34. The van der Waals surface area contributed by atoms with Crippen molar-refractivity contribution < 1.29 is 4.74 Å². The SMILES string of the molecule is COc1ccc(Br)cc1Nc1cccc(SC)c1C#N. The van der Waals surface area contributed by atoms with Gasteiger partial charge in [0.15, 0.2) is 0 Å². The fraction of sp³-hybridized carbons (Fsp3) is 0.133. The van der Waals surface area contributed by atoms with E-state index >= 15 is 0 Å². The molecule has 0 aliphatic rings. The van der Waals surface area contributed by atoms with Crippen LogP contribution in [-0.2, 0) is 0 Å². The molecule has 0 aliphatic carbocycles. The Hall–Kier alpha value is -1.64. The highest BCUT2D eigenvalue weighted by molar-refractivity contribution is 9.10. The second kappa shape index (κ2) is 6.69. The van der Waals surface area contributed by atoms with Crippen LogP contribution in [0.4, 0.5) is 11.4 Å². The Bertz CT molecular complexity index is 667. The van der Waals surface area contributed by atoms with Crippen LogP contribution in [0, 0.1) is 11.3 Å². The molecule has 2 rings (SSSR count). The Balaban J connectivity index is 2.45. The topological polar surface area (TPSA) is 45.0 Å². The third-order valence-electron chi connectivity index (χ3n) is 2.79. The van der Waals surface area contributed by atoms with Crippen molar-refractivity contribution in [1.29, 1.82) is 5.26 Å². The monoisotopic (exact) mass is 348 g/mol. The minimum absolute atomic E-state index is 0.641. The molecule has 0 aliphatic heterocycles. The molecular weight excluding hydrogens is 336 g/mol. The summed E-state index contributed by atoms with van der Waals surface area (Å²) in [5.74, 6) is 0.728. The molecule has 102 valence electrons. The van der Waals surface area contributed by atoms with Crippen molar-refractivity contribution in [3.05, 3.63) is 46.4 Å².